The molecule has 0 saturated carbocycles. The van der Waals surface area contributed by atoms with E-state index in [1.165, 1.54) is 16.7 Å². The summed E-state index contributed by atoms with van der Waals surface area (Å²) < 4.78 is 2.17. The molecule has 0 aliphatic heterocycles. The van der Waals surface area contributed by atoms with Gasteiger partial charge >= 0.3 is 0 Å². The van der Waals surface area contributed by atoms with Crippen molar-refractivity contribution in [1.29, 1.82) is 0 Å². The van der Waals surface area contributed by atoms with Gasteiger partial charge in [0.1, 0.15) is 0 Å². The Morgan fingerprint density at radius 1 is 1.05 bits per heavy atom. The molecule has 0 amide bonds. The molecular weight excluding hydrogens is 380 g/mol. The highest BCUT2D eigenvalue weighted by molar-refractivity contribution is 9.10. The highest BCUT2D eigenvalue weighted by atomic mass is 79.9. The third-order valence-electron chi connectivity index (χ3n) is 3.27. The highest BCUT2D eigenvalue weighted by Gasteiger charge is 2.12. The number of hydrogen-bond acceptors (Lipinski definition) is 2. The first-order valence-corrected chi connectivity index (χ1v) is 8.08. The van der Waals surface area contributed by atoms with Crippen molar-refractivity contribution < 1.29 is 0 Å². The number of aryl methyl sites for hydroxylation is 2. The van der Waals surface area contributed by atoms with Crippen LogP contribution in [-0.2, 0) is 0 Å². The van der Waals surface area contributed by atoms with E-state index in [1.54, 1.807) is 0 Å². The van der Waals surface area contributed by atoms with E-state index in [2.05, 4.69) is 87.4 Å². The van der Waals surface area contributed by atoms with Crippen molar-refractivity contribution in [3.8, 4) is 0 Å². The van der Waals surface area contributed by atoms with Gasteiger partial charge in [-0.25, -0.2) is 0 Å². The lowest BCUT2D eigenvalue weighted by Crippen LogP contribution is -2.21. The molecule has 4 heteroatoms. The van der Waals surface area contributed by atoms with Crippen molar-refractivity contribution in [2.45, 2.75) is 19.9 Å². The van der Waals surface area contributed by atoms with Gasteiger partial charge in [0, 0.05) is 21.2 Å². The Hall–Kier alpha value is -0.840. The molecule has 0 aromatic heterocycles. The van der Waals surface area contributed by atoms with E-state index < -0.39 is 0 Å². The Morgan fingerprint density at radius 3 is 2.40 bits per heavy atom. The van der Waals surface area contributed by atoms with E-state index >= 15 is 0 Å². The summed E-state index contributed by atoms with van der Waals surface area (Å²) in [4.78, 5) is 0. The highest BCUT2D eigenvalue weighted by Crippen LogP contribution is 2.28. The van der Waals surface area contributed by atoms with Gasteiger partial charge in [0.2, 0.25) is 0 Å². The molecule has 0 radical (unpaired) electrons. The maximum Gasteiger partial charge on any atom is 0.0636 e. The molecule has 0 bridgehead atoms. The van der Waals surface area contributed by atoms with Crippen molar-refractivity contribution in [3.05, 3.63) is 62.0 Å². The SMILES string of the molecule is Cc1ccc(Br)c(NC(CN)c2ccc(Br)c(C)c2)c1. The maximum atomic E-state index is 5.94. The molecule has 20 heavy (non-hydrogen) atoms. The molecule has 106 valence electrons. The molecule has 0 fully saturated rings. The van der Waals surface area contributed by atoms with Crippen molar-refractivity contribution in [2.75, 3.05) is 11.9 Å². The smallest absolute Gasteiger partial charge is 0.0636 e. The Labute approximate surface area is 137 Å². The molecule has 0 heterocycles. The lowest BCUT2D eigenvalue weighted by Gasteiger charge is -2.20. The van der Waals surface area contributed by atoms with Gasteiger partial charge in [-0.05, 0) is 64.7 Å². The second kappa shape index (κ2) is 6.74. The van der Waals surface area contributed by atoms with Gasteiger partial charge in [0.25, 0.3) is 0 Å². The van der Waals surface area contributed by atoms with Crippen LogP contribution in [0.1, 0.15) is 22.7 Å². The molecular formula is C16H18Br2N2. The summed E-state index contributed by atoms with van der Waals surface area (Å²) in [6.07, 6.45) is 0. The zero-order chi connectivity index (χ0) is 14.7. The number of rotatable bonds is 4. The largest absolute Gasteiger partial charge is 0.376 e. The van der Waals surface area contributed by atoms with Crippen LogP contribution in [0.25, 0.3) is 0 Å². The standard InChI is InChI=1S/C16H18Br2N2/c1-10-3-5-14(18)15(7-10)20-16(9-19)12-4-6-13(17)11(2)8-12/h3-8,16,20H,9,19H2,1-2H3. The molecule has 2 aromatic carbocycles. The minimum Gasteiger partial charge on any atom is -0.376 e. The fraction of sp³-hybridized carbons (Fsp3) is 0.250. The number of nitrogens with two attached hydrogens (primary N) is 1. The van der Waals surface area contributed by atoms with Crippen LogP contribution in [0.5, 0.6) is 0 Å². The summed E-state index contributed by atoms with van der Waals surface area (Å²) in [5.74, 6) is 0. The summed E-state index contributed by atoms with van der Waals surface area (Å²) in [5, 5.41) is 3.51. The van der Waals surface area contributed by atoms with Gasteiger partial charge in [-0.15, -0.1) is 0 Å². The normalized spacial score (nSPS) is 12.2. The third-order valence-corrected chi connectivity index (χ3v) is 4.85. The van der Waals surface area contributed by atoms with E-state index in [0.29, 0.717) is 6.54 Å². The first-order chi connectivity index (χ1) is 9.51. The van der Waals surface area contributed by atoms with Gasteiger partial charge in [-0.1, -0.05) is 34.1 Å². The minimum absolute atomic E-state index is 0.0971. The van der Waals surface area contributed by atoms with Crippen LogP contribution in [0.4, 0.5) is 5.69 Å². The molecule has 0 saturated heterocycles. The second-order valence-corrected chi connectivity index (χ2v) is 6.63. The van der Waals surface area contributed by atoms with Crippen LogP contribution in [0, 0.1) is 13.8 Å². The average Bonchev–Trinajstić information content (AvgIpc) is 2.43. The summed E-state index contributed by atoms with van der Waals surface area (Å²) >= 11 is 7.11. The van der Waals surface area contributed by atoms with Crippen molar-refractivity contribution in [1.82, 2.24) is 0 Å². The summed E-state index contributed by atoms with van der Waals surface area (Å²) in [6, 6.07) is 12.7. The quantitative estimate of drug-likeness (QED) is 0.766. The summed E-state index contributed by atoms with van der Waals surface area (Å²) in [6.45, 7) is 4.71. The van der Waals surface area contributed by atoms with E-state index in [1.807, 2.05) is 0 Å². The van der Waals surface area contributed by atoms with Gasteiger partial charge in [0.15, 0.2) is 0 Å². The van der Waals surface area contributed by atoms with Crippen LogP contribution in [0.3, 0.4) is 0 Å². The van der Waals surface area contributed by atoms with Gasteiger partial charge < -0.3 is 11.1 Å². The molecule has 2 rings (SSSR count). The van der Waals surface area contributed by atoms with Crippen molar-refractivity contribution in [3.63, 3.8) is 0 Å². The van der Waals surface area contributed by atoms with Crippen LogP contribution in [0.2, 0.25) is 0 Å². The van der Waals surface area contributed by atoms with Crippen LogP contribution >= 0.6 is 31.9 Å². The Morgan fingerprint density at radius 2 is 1.75 bits per heavy atom. The monoisotopic (exact) mass is 396 g/mol. The summed E-state index contributed by atoms with van der Waals surface area (Å²) in [5.41, 5.74) is 10.6. The zero-order valence-corrected chi connectivity index (χ0v) is 14.8. The topological polar surface area (TPSA) is 38.0 Å². The predicted molar refractivity (Wildman–Crippen MR) is 93.2 cm³/mol. The lowest BCUT2D eigenvalue weighted by atomic mass is 10.0. The van der Waals surface area contributed by atoms with Crippen molar-refractivity contribution in [2.24, 2.45) is 5.73 Å². The maximum absolute atomic E-state index is 5.94. The van der Waals surface area contributed by atoms with Crippen LogP contribution < -0.4 is 11.1 Å². The lowest BCUT2D eigenvalue weighted by molar-refractivity contribution is 0.788. The number of anilines is 1. The Balaban J connectivity index is 2.28. The summed E-state index contributed by atoms with van der Waals surface area (Å²) in [7, 11) is 0. The van der Waals surface area contributed by atoms with Crippen LogP contribution in [0.15, 0.2) is 45.3 Å². The average molecular weight is 398 g/mol. The number of halogens is 2. The van der Waals surface area contributed by atoms with Gasteiger partial charge in [-0.2, -0.15) is 0 Å². The first-order valence-electron chi connectivity index (χ1n) is 6.50. The van der Waals surface area contributed by atoms with E-state index in [0.717, 1.165) is 14.6 Å². The van der Waals surface area contributed by atoms with E-state index in [-0.39, 0.29) is 6.04 Å². The van der Waals surface area contributed by atoms with E-state index in [9.17, 15) is 0 Å². The second-order valence-electron chi connectivity index (χ2n) is 4.92. The third kappa shape index (κ3) is 3.62. The predicted octanol–water partition coefficient (Wildman–Crippen LogP) is 4.94. The molecule has 1 unspecified atom stereocenters. The molecule has 0 aliphatic carbocycles. The zero-order valence-electron chi connectivity index (χ0n) is 11.6. The van der Waals surface area contributed by atoms with E-state index in [4.69, 9.17) is 5.73 Å². The molecule has 0 aliphatic rings. The minimum atomic E-state index is 0.0971. The van der Waals surface area contributed by atoms with Crippen molar-refractivity contribution >= 4 is 37.5 Å². The fourth-order valence-corrected chi connectivity index (χ4v) is 2.71. The molecule has 2 nitrogen and oxygen atoms in total. The fourth-order valence-electron chi connectivity index (χ4n) is 2.10. The molecule has 2 aromatic rings. The molecule has 3 N–H and O–H groups in total. The molecule has 0 spiro atoms. The Kier molecular flexibility index (Phi) is 5.24. The van der Waals surface area contributed by atoms with Crippen LogP contribution in [-0.4, -0.2) is 6.54 Å². The number of hydrogen-bond donors (Lipinski definition) is 2. The Bertz CT molecular complexity index is 611. The van der Waals surface area contributed by atoms with Gasteiger partial charge in [0.05, 0.1) is 6.04 Å². The number of benzene rings is 2. The first kappa shape index (κ1) is 15.5. The molecule has 1 atom stereocenters. The van der Waals surface area contributed by atoms with Gasteiger partial charge in [-0.3, -0.25) is 0 Å². The number of nitrogens with one attached hydrogen (secondary N) is 1.